The number of carbonyl (C=O) groups excluding carboxylic acids is 1. The molecule has 1 amide bonds. The summed E-state index contributed by atoms with van der Waals surface area (Å²) in [6, 6.07) is 10.3. The van der Waals surface area contributed by atoms with Gasteiger partial charge in [-0.3, -0.25) is 15.2 Å². The number of rotatable bonds is 8. The van der Waals surface area contributed by atoms with E-state index in [2.05, 4.69) is 22.1 Å². The highest BCUT2D eigenvalue weighted by Gasteiger charge is 2.20. The van der Waals surface area contributed by atoms with Gasteiger partial charge in [-0.15, -0.1) is 0 Å². The van der Waals surface area contributed by atoms with Crippen LogP contribution < -0.4 is 11.2 Å². The Balaban J connectivity index is 2.06. The van der Waals surface area contributed by atoms with Crippen molar-refractivity contribution >= 4 is 18.0 Å². The van der Waals surface area contributed by atoms with Crippen molar-refractivity contribution in [3.8, 4) is 0 Å². The molecule has 0 aliphatic rings. The lowest BCUT2D eigenvalue weighted by atomic mass is 9.85. The minimum Gasteiger partial charge on any atom is -0.366 e. The first-order valence-electron chi connectivity index (χ1n) is 9.45. The van der Waals surface area contributed by atoms with Crippen LogP contribution in [0.25, 0.3) is 0 Å². The Labute approximate surface area is 175 Å². The number of primary amides is 1. The lowest BCUT2D eigenvalue weighted by Crippen LogP contribution is -2.24. The summed E-state index contributed by atoms with van der Waals surface area (Å²) >= 11 is 0. The van der Waals surface area contributed by atoms with Crippen LogP contribution in [0.2, 0.25) is 0 Å². The molecule has 0 heterocycles. The quantitative estimate of drug-likeness (QED) is 0.385. The number of hydrogen-bond acceptors (Lipinski definition) is 3. The second kappa shape index (κ2) is 9.91. The van der Waals surface area contributed by atoms with E-state index in [1.807, 2.05) is 13.8 Å². The molecule has 0 spiro atoms. The second-order valence-electron chi connectivity index (χ2n) is 7.58. The summed E-state index contributed by atoms with van der Waals surface area (Å²) in [4.78, 5) is 15.8. The van der Waals surface area contributed by atoms with Crippen molar-refractivity contribution in [3.05, 3.63) is 83.4 Å². The first-order valence-corrected chi connectivity index (χ1v) is 9.45. The van der Waals surface area contributed by atoms with Crippen molar-refractivity contribution < 1.29 is 13.6 Å². The fourth-order valence-corrected chi connectivity index (χ4v) is 2.76. The number of halogens is 2. The molecule has 0 aliphatic heterocycles. The highest BCUT2D eigenvalue weighted by atomic mass is 19.1. The molecule has 0 aliphatic carbocycles. The normalized spacial score (nSPS) is 13.3. The molecule has 0 aromatic heterocycles. The Hall–Kier alpha value is -3.35. The second-order valence-corrected chi connectivity index (χ2v) is 7.58. The first-order chi connectivity index (χ1) is 14.1. The van der Waals surface area contributed by atoms with Gasteiger partial charge in [0.15, 0.2) is 0 Å². The zero-order valence-corrected chi connectivity index (χ0v) is 17.3. The van der Waals surface area contributed by atoms with E-state index >= 15 is 0 Å². The van der Waals surface area contributed by atoms with Gasteiger partial charge in [-0.2, -0.15) is 5.10 Å². The number of amides is 1. The zero-order valence-electron chi connectivity index (χ0n) is 17.3. The summed E-state index contributed by atoms with van der Waals surface area (Å²) < 4.78 is 27.2. The number of nitrogens with one attached hydrogen (secondary N) is 1. The predicted octanol–water partition coefficient (Wildman–Crippen LogP) is 4.30. The number of aliphatic imine (C=N–C) groups is 1. The number of hydrogen-bond donors (Lipinski definition) is 2. The van der Waals surface area contributed by atoms with E-state index in [1.165, 1.54) is 42.6 Å². The van der Waals surface area contributed by atoms with Crippen molar-refractivity contribution in [2.75, 3.05) is 6.54 Å². The van der Waals surface area contributed by atoms with Gasteiger partial charge < -0.3 is 5.73 Å². The predicted molar refractivity (Wildman–Crippen MR) is 117 cm³/mol. The van der Waals surface area contributed by atoms with Crippen LogP contribution >= 0.6 is 0 Å². The van der Waals surface area contributed by atoms with Crippen molar-refractivity contribution in [1.82, 2.24) is 5.43 Å². The first kappa shape index (κ1) is 22.9. The van der Waals surface area contributed by atoms with Crippen LogP contribution in [0, 0.1) is 11.6 Å². The number of nitrogens with zero attached hydrogens (tertiary/aromatic N) is 2. The molecule has 2 aromatic rings. The average molecular weight is 412 g/mol. The Morgan fingerprint density at radius 3 is 2.50 bits per heavy atom. The molecule has 30 heavy (non-hydrogen) atoms. The SMILES string of the molecule is C=CC(=NCC(C)(C)c1ccc(F)cc1)N/N=C/C(C)c1cc(C(N)=O)ccc1F. The zero-order chi connectivity index (χ0) is 22.3. The van der Waals surface area contributed by atoms with Crippen LogP contribution in [0.4, 0.5) is 8.78 Å². The highest BCUT2D eigenvalue weighted by molar-refractivity contribution is 5.93. The van der Waals surface area contributed by atoms with E-state index in [-0.39, 0.29) is 16.8 Å². The molecule has 1 atom stereocenters. The number of nitrogens with two attached hydrogens (primary N) is 1. The third kappa shape index (κ3) is 6.07. The summed E-state index contributed by atoms with van der Waals surface area (Å²) in [5.41, 5.74) is 9.22. The molecule has 0 fully saturated rings. The topological polar surface area (TPSA) is 79.8 Å². The van der Waals surface area contributed by atoms with Crippen LogP contribution in [-0.4, -0.2) is 24.5 Å². The Bertz CT molecular complexity index is 966. The number of amidine groups is 1. The molecular weight excluding hydrogens is 386 g/mol. The fourth-order valence-electron chi connectivity index (χ4n) is 2.76. The molecule has 7 heteroatoms. The molecular formula is C23H26F2N4O. The van der Waals surface area contributed by atoms with Gasteiger partial charge in [0.05, 0.1) is 6.54 Å². The van der Waals surface area contributed by atoms with Crippen LogP contribution in [-0.2, 0) is 5.41 Å². The summed E-state index contributed by atoms with van der Waals surface area (Å²) in [6.07, 6.45) is 3.03. The molecule has 3 N–H and O–H groups in total. The summed E-state index contributed by atoms with van der Waals surface area (Å²) in [6.45, 7) is 9.90. The van der Waals surface area contributed by atoms with E-state index in [0.717, 1.165) is 5.56 Å². The van der Waals surface area contributed by atoms with Gasteiger partial charge in [-0.05, 0) is 47.5 Å². The van der Waals surface area contributed by atoms with E-state index in [0.29, 0.717) is 17.9 Å². The van der Waals surface area contributed by atoms with Gasteiger partial charge in [-0.25, -0.2) is 8.78 Å². The van der Waals surface area contributed by atoms with Gasteiger partial charge >= 0.3 is 0 Å². The van der Waals surface area contributed by atoms with Crippen LogP contribution in [0.3, 0.4) is 0 Å². The molecule has 2 rings (SSSR count). The molecule has 5 nitrogen and oxygen atoms in total. The maximum atomic E-state index is 14.1. The van der Waals surface area contributed by atoms with Gasteiger partial charge in [0, 0.05) is 23.1 Å². The van der Waals surface area contributed by atoms with E-state index in [4.69, 9.17) is 5.73 Å². The van der Waals surface area contributed by atoms with Crippen molar-refractivity contribution in [1.29, 1.82) is 0 Å². The van der Waals surface area contributed by atoms with E-state index in [1.54, 1.807) is 19.1 Å². The van der Waals surface area contributed by atoms with Gasteiger partial charge in [-0.1, -0.05) is 39.5 Å². The fraction of sp³-hybridized carbons (Fsp3) is 0.261. The van der Waals surface area contributed by atoms with Gasteiger partial charge in [0.25, 0.3) is 0 Å². The maximum Gasteiger partial charge on any atom is 0.248 e. The smallest absolute Gasteiger partial charge is 0.248 e. The molecule has 0 bridgehead atoms. The van der Waals surface area contributed by atoms with Crippen LogP contribution in [0.15, 0.2) is 65.2 Å². The third-order valence-electron chi connectivity index (χ3n) is 4.71. The maximum absolute atomic E-state index is 14.1. The molecule has 0 saturated heterocycles. The van der Waals surface area contributed by atoms with Crippen molar-refractivity contribution in [2.45, 2.75) is 32.1 Å². The monoisotopic (exact) mass is 412 g/mol. The van der Waals surface area contributed by atoms with Gasteiger partial charge in [0.1, 0.15) is 17.5 Å². The summed E-state index contributed by atoms with van der Waals surface area (Å²) in [5.74, 6) is -1.31. The average Bonchev–Trinajstić information content (AvgIpc) is 2.70. The Morgan fingerprint density at radius 2 is 1.90 bits per heavy atom. The lowest BCUT2D eigenvalue weighted by Gasteiger charge is -2.23. The molecule has 0 radical (unpaired) electrons. The molecule has 158 valence electrons. The van der Waals surface area contributed by atoms with Crippen LogP contribution in [0.1, 0.15) is 48.2 Å². The minimum atomic E-state index is -0.622. The molecule has 1 unspecified atom stereocenters. The highest BCUT2D eigenvalue weighted by Crippen LogP contribution is 2.24. The van der Waals surface area contributed by atoms with Crippen molar-refractivity contribution in [3.63, 3.8) is 0 Å². The number of hydrazone groups is 1. The molecule has 2 aromatic carbocycles. The third-order valence-corrected chi connectivity index (χ3v) is 4.71. The Kier molecular flexibility index (Phi) is 7.58. The summed E-state index contributed by atoms with van der Waals surface area (Å²) in [5, 5.41) is 4.11. The van der Waals surface area contributed by atoms with Gasteiger partial charge in [0.2, 0.25) is 5.91 Å². The van der Waals surface area contributed by atoms with E-state index in [9.17, 15) is 13.6 Å². The van der Waals surface area contributed by atoms with Crippen LogP contribution in [0.5, 0.6) is 0 Å². The Morgan fingerprint density at radius 1 is 1.23 bits per heavy atom. The number of benzene rings is 2. The summed E-state index contributed by atoms with van der Waals surface area (Å²) in [7, 11) is 0. The standard InChI is InChI=1S/C23H26F2N4O/c1-5-21(27-14-23(3,4)17-7-9-18(24)10-8-17)29-28-13-15(2)19-12-16(22(26)30)6-11-20(19)25/h5-13,15H,1,14H2,2-4H3,(H2,26,30)(H,27,29)/b28-13+. The minimum absolute atomic E-state index is 0.232. The lowest BCUT2D eigenvalue weighted by molar-refractivity contribution is 0.1000. The van der Waals surface area contributed by atoms with E-state index < -0.39 is 17.6 Å². The largest absolute Gasteiger partial charge is 0.366 e. The number of carbonyl (C=O) groups is 1. The molecule has 0 saturated carbocycles. The van der Waals surface area contributed by atoms with Crippen molar-refractivity contribution in [2.24, 2.45) is 15.8 Å².